The van der Waals surface area contributed by atoms with Gasteiger partial charge in [0, 0.05) is 43.9 Å². The molecule has 1 N–H and O–H groups in total. The molecule has 10 heteroatoms. The number of hydrogen-bond acceptors (Lipinski definition) is 5. The number of nitrogens with one attached hydrogen (secondary N) is 1. The van der Waals surface area contributed by atoms with Crippen molar-refractivity contribution in [1.82, 2.24) is 24.6 Å². The van der Waals surface area contributed by atoms with E-state index in [9.17, 15) is 9.59 Å². The molecule has 4 aromatic rings. The van der Waals surface area contributed by atoms with Crippen LogP contribution in [0.5, 0.6) is 0 Å². The number of aromatic nitrogens is 3. The first-order valence-electron chi connectivity index (χ1n) is 11.3. The SMILES string of the molecule is Cc1ccc(NC(=O)N2CCN(C(=O)c3cc(-c4ccco4)nc4c3c(C)nn4C)CC2)cc1Cl. The highest BCUT2D eigenvalue weighted by Crippen LogP contribution is 2.28. The van der Waals surface area contributed by atoms with Crippen LogP contribution in [-0.2, 0) is 7.05 Å². The summed E-state index contributed by atoms with van der Waals surface area (Å²) in [5.41, 5.74) is 4.04. The average Bonchev–Trinajstić information content (AvgIpc) is 3.49. The van der Waals surface area contributed by atoms with Crippen molar-refractivity contribution >= 4 is 40.3 Å². The fourth-order valence-corrected chi connectivity index (χ4v) is 4.50. The standard InChI is InChI=1S/C25H25ClN6O3/c1-15-6-7-17(13-19(15)26)27-25(34)32-10-8-31(9-11-32)24(33)18-14-20(21-5-4-12-35-21)28-23-22(18)16(2)29-30(23)3/h4-7,12-14H,8-11H2,1-3H3,(H,27,34). The highest BCUT2D eigenvalue weighted by Gasteiger charge is 2.28. The second-order valence-corrected chi connectivity index (χ2v) is 9.02. The normalized spacial score (nSPS) is 13.9. The summed E-state index contributed by atoms with van der Waals surface area (Å²) < 4.78 is 7.20. The molecule has 180 valence electrons. The third-order valence-electron chi connectivity index (χ3n) is 6.25. The second-order valence-electron chi connectivity index (χ2n) is 8.61. The maximum absolute atomic E-state index is 13.6. The molecule has 3 amide bonds. The summed E-state index contributed by atoms with van der Waals surface area (Å²) in [4.78, 5) is 34.5. The minimum Gasteiger partial charge on any atom is -0.463 e. The molecular formula is C25H25ClN6O3. The number of urea groups is 1. The van der Waals surface area contributed by atoms with E-state index >= 15 is 0 Å². The number of benzene rings is 1. The highest BCUT2D eigenvalue weighted by molar-refractivity contribution is 6.31. The lowest BCUT2D eigenvalue weighted by Gasteiger charge is -2.35. The monoisotopic (exact) mass is 492 g/mol. The number of pyridine rings is 1. The van der Waals surface area contributed by atoms with Crippen LogP contribution in [0.2, 0.25) is 5.02 Å². The Bertz CT molecular complexity index is 1420. The van der Waals surface area contributed by atoms with Gasteiger partial charge < -0.3 is 19.5 Å². The van der Waals surface area contributed by atoms with Gasteiger partial charge in [0.2, 0.25) is 0 Å². The maximum Gasteiger partial charge on any atom is 0.321 e. The largest absolute Gasteiger partial charge is 0.463 e. The molecule has 1 aliphatic heterocycles. The van der Waals surface area contributed by atoms with Gasteiger partial charge in [-0.25, -0.2) is 9.78 Å². The molecule has 1 aromatic carbocycles. The predicted octanol–water partition coefficient (Wildman–Crippen LogP) is 4.49. The zero-order valence-corrected chi connectivity index (χ0v) is 20.5. The van der Waals surface area contributed by atoms with Gasteiger partial charge in [0.05, 0.1) is 22.9 Å². The van der Waals surface area contributed by atoms with Crippen molar-refractivity contribution < 1.29 is 14.0 Å². The molecule has 5 rings (SSSR count). The zero-order valence-electron chi connectivity index (χ0n) is 19.7. The fourth-order valence-electron chi connectivity index (χ4n) is 4.32. The molecule has 0 spiro atoms. The topological polar surface area (TPSA) is 96.5 Å². The van der Waals surface area contributed by atoms with Crippen LogP contribution in [-0.4, -0.2) is 62.7 Å². The minimum atomic E-state index is -0.216. The van der Waals surface area contributed by atoms with Gasteiger partial charge in [-0.1, -0.05) is 17.7 Å². The molecule has 0 unspecified atom stereocenters. The number of anilines is 1. The lowest BCUT2D eigenvalue weighted by Crippen LogP contribution is -2.51. The number of nitrogens with zero attached hydrogens (tertiary/aromatic N) is 5. The number of aryl methyl sites for hydroxylation is 3. The van der Waals surface area contributed by atoms with Gasteiger partial charge in [-0.05, 0) is 49.7 Å². The number of rotatable bonds is 3. The first-order valence-corrected chi connectivity index (χ1v) is 11.7. The summed E-state index contributed by atoms with van der Waals surface area (Å²) in [6.07, 6.45) is 1.58. The van der Waals surface area contributed by atoms with Gasteiger partial charge in [0.25, 0.3) is 5.91 Å². The molecule has 0 bridgehead atoms. The first kappa shape index (κ1) is 22.9. The highest BCUT2D eigenvalue weighted by atomic mass is 35.5. The Labute approximate surface area is 207 Å². The number of hydrogen-bond donors (Lipinski definition) is 1. The molecule has 0 radical (unpaired) electrons. The fraction of sp³-hybridized carbons (Fsp3) is 0.280. The van der Waals surface area contributed by atoms with Crippen molar-refractivity contribution in [2.24, 2.45) is 7.05 Å². The van der Waals surface area contributed by atoms with Crippen LogP contribution in [0.1, 0.15) is 21.6 Å². The third-order valence-corrected chi connectivity index (χ3v) is 6.66. The number of piperazine rings is 1. The van der Waals surface area contributed by atoms with Gasteiger partial charge in [-0.2, -0.15) is 5.10 Å². The summed E-state index contributed by atoms with van der Waals surface area (Å²) >= 11 is 6.17. The van der Waals surface area contributed by atoms with Crippen LogP contribution in [0.4, 0.5) is 10.5 Å². The molecule has 0 atom stereocenters. The van der Waals surface area contributed by atoms with Gasteiger partial charge >= 0.3 is 6.03 Å². The number of amides is 3. The number of carbonyl (C=O) groups is 2. The van der Waals surface area contributed by atoms with Crippen molar-refractivity contribution in [1.29, 1.82) is 0 Å². The molecule has 1 saturated heterocycles. The Morgan fingerprint density at radius 2 is 1.80 bits per heavy atom. The van der Waals surface area contributed by atoms with E-state index in [1.807, 2.05) is 32.0 Å². The van der Waals surface area contributed by atoms with Gasteiger partial charge in [-0.15, -0.1) is 0 Å². The Morgan fingerprint density at radius 1 is 1.06 bits per heavy atom. The van der Waals surface area contributed by atoms with E-state index in [0.29, 0.717) is 59.6 Å². The van der Waals surface area contributed by atoms with E-state index in [1.54, 1.807) is 46.0 Å². The van der Waals surface area contributed by atoms with E-state index in [2.05, 4.69) is 15.4 Å². The van der Waals surface area contributed by atoms with Crippen LogP contribution in [0.25, 0.3) is 22.5 Å². The Morgan fingerprint density at radius 3 is 2.49 bits per heavy atom. The second kappa shape index (κ2) is 9.07. The number of fused-ring (bicyclic) bond motifs is 1. The van der Waals surface area contributed by atoms with Gasteiger partial charge in [0.1, 0.15) is 5.69 Å². The molecule has 0 aliphatic carbocycles. The van der Waals surface area contributed by atoms with Crippen molar-refractivity contribution in [3.05, 3.63) is 64.5 Å². The third kappa shape index (κ3) is 4.35. The van der Waals surface area contributed by atoms with Crippen molar-refractivity contribution in [2.45, 2.75) is 13.8 Å². The van der Waals surface area contributed by atoms with Crippen LogP contribution < -0.4 is 5.32 Å². The summed E-state index contributed by atoms with van der Waals surface area (Å²) in [5, 5.41) is 8.68. The molecule has 9 nitrogen and oxygen atoms in total. The predicted molar refractivity (Wildman–Crippen MR) is 134 cm³/mol. The zero-order chi connectivity index (χ0) is 24.7. The smallest absolute Gasteiger partial charge is 0.321 e. The van der Waals surface area contributed by atoms with Crippen molar-refractivity contribution in [3.8, 4) is 11.5 Å². The summed E-state index contributed by atoms with van der Waals surface area (Å²) in [7, 11) is 1.81. The van der Waals surface area contributed by atoms with E-state index in [0.717, 1.165) is 16.6 Å². The van der Waals surface area contributed by atoms with Crippen molar-refractivity contribution in [2.75, 3.05) is 31.5 Å². The maximum atomic E-state index is 13.6. The molecule has 1 aliphatic rings. The summed E-state index contributed by atoms with van der Waals surface area (Å²) in [6, 6.07) is 10.6. The van der Waals surface area contributed by atoms with Crippen LogP contribution in [0.15, 0.2) is 47.1 Å². The van der Waals surface area contributed by atoms with E-state index in [-0.39, 0.29) is 11.9 Å². The first-order chi connectivity index (χ1) is 16.8. The van der Waals surface area contributed by atoms with Crippen LogP contribution >= 0.6 is 11.6 Å². The molecule has 1 fully saturated rings. The Hall–Kier alpha value is -3.85. The van der Waals surface area contributed by atoms with E-state index < -0.39 is 0 Å². The molecule has 35 heavy (non-hydrogen) atoms. The average molecular weight is 493 g/mol. The molecular weight excluding hydrogens is 468 g/mol. The Balaban J connectivity index is 1.34. The molecule has 4 heterocycles. The lowest BCUT2D eigenvalue weighted by molar-refractivity contribution is 0.0673. The van der Waals surface area contributed by atoms with Gasteiger partial charge in [0.15, 0.2) is 11.4 Å². The Kier molecular flexibility index (Phi) is 5.94. The van der Waals surface area contributed by atoms with Crippen LogP contribution in [0, 0.1) is 13.8 Å². The minimum absolute atomic E-state index is 0.119. The van der Waals surface area contributed by atoms with Gasteiger partial charge in [-0.3, -0.25) is 9.48 Å². The number of carbonyl (C=O) groups excluding carboxylic acids is 2. The molecule has 3 aromatic heterocycles. The molecule has 0 saturated carbocycles. The number of halogens is 1. The lowest BCUT2D eigenvalue weighted by atomic mass is 10.1. The van der Waals surface area contributed by atoms with E-state index in [1.165, 1.54) is 0 Å². The quantitative estimate of drug-likeness (QED) is 0.454. The van der Waals surface area contributed by atoms with Crippen LogP contribution in [0.3, 0.4) is 0 Å². The summed E-state index contributed by atoms with van der Waals surface area (Å²) in [6.45, 7) is 5.45. The summed E-state index contributed by atoms with van der Waals surface area (Å²) in [5.74, 6) is 0.462. The van der Waals surface area contributed by atoms with Crippen molar-refractivity contribution in [3.63, 3.8) is 0 Å². The van der Waals surface area contributed by atoms with E-state index in [4.69, 9.17) is 16.0 Å². The number of furan rings is 1.